The molecule has 3 fully saturated rings. The number of ether oxygens (including phenoxy) is 3. The SMILES string of the molecule is CCCCCC1COC(C2CCC(C3CCC(C(F)(F)Oc4ccc(-c5ccc(Cl)c(F)c5)c(F)c4)CC3)CC2)OC1. The first-order valence-electron chi connectivity index (χ1n) is 15.8. The summed E-state index contributed by atoms with van der Waals surface area (Å²) in [5.41, 5.74) is 0.356. The predicted molar refractivity (Wildman–Crippen MR) is 157 cm³/mol. The van der Waals surface area contributed by atoms with E-state index in [0.717, 1.165) is 63.9 Å². The molecule has 0 spiro atoms. The lowest BCUT2D eigenvalue weighted by atomic mass is 9.69. The Labute approximate surface area is 252 Å². The molecule has 2 saturated carbocycles. The van der Waals surface area contributed by atoms with Crippen LogP contribution in [0.5, 0.6) is 5.75 Å². The summed E-state index contributed by atoms with van der Waals surface area (Å²) in [5.74, 6) is -0.643. The third kappa shape index (κ3) is 7.81. The molecule has 2 aromatic rings. The van der Waals surface area contributed by atoms with E-state index in [-0.39, 0.29) is 28.2 Å². The van der Waals surface area contributed by atoms with E-state index in [1.165, 1.54) is 49.9 Å². The van der Waals surface area contributed by atoms with E-state index >= 15 is 8.78 Å². The van der Waals surface area contributed by atoms with E-state index in [1.54, 1.807) is 0 Å². The molecule has 0 amide bonds. The lowest BCUT2D eigenvalue weighted by Crippen LogP contribution is -2.40. The Balaban J connectivity index is 1.06. The molecule has 2 aliphatic carbocycles. The lowest BCUT2D eigenvalue weighted by Gasteiger charge is -2.41. The molecule has 0 atom stereocenters. The van der Waals surface area contributed by atoms with Gasteiger partial charge in [0.25, 0.3) is 0 Å². The number of rotatable bonds is 10. The summed E-state index contributed by atoms with van der Waals surface area (Å²) in [7, 11) is 0. The number of benzene rings is 2. The Morgan fingerprint density at radius 1 is 0.810 bits per heavy atom. The minimum absolute atomic E-state index is 0.0733. The highest BCUT2D eigenvalue weighted by molar-refractivity contribution is 6.30. The third-order valence-electron chi connectivity index (χ3n) is 9.75. The molecular formula is C34H43ClF4O3. The Hall–Kier alpha value is -1.83. The van der Waals surface area contributed by atoms with Gasteiger partial charge in [0.15, 0.2) is 6.29 Å². The topological polar surface area (TPSA) is 27.7 Å². The molecule has 1 saturated heterocycles. The van der Waals surface area contributed by atoms with E-state index in [9.17, 15) is 8.78 Å². The first kappa shape index (κ1) is 31.6. The van der Waals surface area contributed by atoms with E-state index in [1.807, 2.05) is 0 Å². The van der Waals surface area contributed by atoms with Crippen molar-refractivity contribution in [2.75, 3.05) is 13.2 Å². The summed E-state index contributed by atoms with van der Waals surface area (Å²) in [6, 6.07) is 7.48. The molecule has 1 heterocycles. The molecule has 1 aliphatic heterocycles. The number of hydrogen-bond acceptors (Lipinski definition) is 3. The van der Waals surface area contributed by atoms with Crippen LogP contribution in [-0.2, 0) is 9.47 Å². The number of hydrogen-bond donors (Lipinski definition) is 0. The second-order valence-corrected chi connectivity index (χ2v) is 13.0. The molecule has 3 aliphatic rings. The quantitative estimate of drug-likeness (QED) is 0.198. The van der Waals surface area contributed by atoms with Crippen LogP contribution in [0.2, 0.25) is 5.02 Å². The second kappa shape index (κ2) is 14.3. The average Bonchev–Trinajstić information content (AvgIpc) is 2.99. The average molecular weight is 611 g/mol. The van der Waals surface area contributed by atoms with Crippen LogP contribution in [0.4, 0.5) is 17.6 Å². The van der Waals surface area contributed by atoms with Crippen molar-refractivity contribution in [1.29, 1.82) is 0 Å². The highest BCUT2D eigenvalue weighted by Gasteiger charge is 2.45. The van der Waals surface area contributed by atoms with Crippen molar-refractivity contribution in [3.63, 3.8) is 0 Å². The van der Waals surface area contributed by atoms with Gasteiger partial charge < -0.3 is 14.2 Å². The molecule has 5 rings (SSSR count). The third-order valence-corrected chi connectivity index (χ3v) is 10.1. The molecule has 0 unspecified atom stereocenters. The Morgan fingerprint density at radius 2 is 1.45 bits per heavy atom. The Kier molecular flexibility index (Phi) is 10.8. The first-order valence-corrected chi connectivity index (χ1v) is 16.2. The molecule has 0 N–H and O–H groups in total. The molecule has 2 aromatic carbocycles. The molecule has 0 aromatic heterocycles. The number of unbranched alkanes of at least 4 members (excludes halogenated alkanes) is 2. The van der Waals surface area contributed by atoms with Gasteiger partial charge in [-0.25, -0.2) is 8.78 Å². The first-order chi connectivity index (χ1) is 20.2. The molecule has 3 nitrogen and oxygen atoms in total. The van der Waals surface area contributed by atoms with E-state index in [4.69, 9.17) is 25.8 Å². The van der Waals surface area contributed by atoms with E-state index < -0.39 is 23.7 Å². The monoisotopic (exact) mass is 610 g/mol. The van der Waals surface area contributed by atoms with Gasteiger partial charge in [-0.15, -0.1) is 0 Å². The fraction of sp³-hybridized carbons (Fsp3) is 0.647. The Bertz CT molecular complexity index is 1150. The second-order valence-electron chi connectivity index (χ2n) is 12.6. The minimum Gasteiger partial charge on any atom is -0.432 e. The van der Waals surface area contributed by atoms with Crippen LogP contribution in [0, 0.1) is 41.2 Å². The van der Waals surface area contributed by atoms with Crippen LogP contribution in [0.3, 0.4) is 0 Å². The van der Waals surface area contributed by atoms with Crippen LogP contribution in [0.25, 0.3) is 11.1 Å². The summed E-state index contributed by atoms with van der Waals surface area (Å²) >= 11 is 5.71. The van der Waals surface area contributed by atoms with Gasteiger partial charge in [0, 0.05) is 23.5 Å². The lowest BCUT2D eigenvalue weighted by molar-refractivity contribution is -0.232. The zero-order valence-corrected chi connectivity index (χ0v) is 25.2. The highest BCUT2D eigenvalue weighted by Crippen LogP contribution is 2.46. The molecule has 0 radical (unpaired) electrons. The molecular weight excluding hydrogens is 568 g/mol. The van der Waals surface area contributed by atoms with Crippen molar-refractivity contribution in [2.24, 2.45) is 29.6 Å². The summed E-state index contributed by atoms with van der Waals surface area (Å²) in [6.45, 7) is 3.82. The van der Waals surface area contributed by atoms with Crippen molar-refractivity contribution >= 4 is 11.6 Å². The normalized spacial score (nSPS) is 28.9. The fourth-order valence-corrected chi connectivity index (χ4v) is 7.31. The summed E-state index contributed by atoms with van der Waals surface area (Å²) in [5, 5.41) is -0.0733. The maximum absolute atomic E-state index is 15.2. The minimum atomic E-state index is -3.40. The smallest absolute Gasteiger partial charge is 0.400 e. The van der Waals surface area contributed by atoms with Gasteiger partial charge in [-0.2, -0.15) is 8.78 Å². The molecule has 0 bridgehead atoms. The largest absolute Gasteiger partial charge is 0.432 e. The van der Waals surface area contributed by atoms with Crippen LogP contribution >= 0.6 is 11.6 Å². The van der Waals surface area contributed by atoms with Gasteiger partial charge in [0.2, 0.25) is 0 Å². The predicted octanol–water partition coefficient (Wildman–Crippen LogP) is 10.4. The van der Waals surface area contributed by atoms with Gasteiger partial charge in [-0.1, -0.05) is 43.9 Å². The van der Waals surface area contributed by atoms with Crippen molar-refractivity contribution in [1.82, 2.24) is 0 Å². The highest BCUT2D eigenvalue weighted by atomic mass is 35.5. The van der Waals surface area contributed by atoms with Crippen molar-refractivity contribution in [2.45, 2.75) is 96.4 Å². The van der Waals surface area contributed by atoms with Gasteiger partial charge in [-0.3, -0.25) is 0 Å². The van der Waals surface area contributed by atoms with Crippen LogP contribution < -0.4 is 4.74 Å². The van der Waals surface area contributed by atoms with Gasteiger partial charge in [0.1, 0.15) is 17.4 Å². The van der Waals surface area contributed by atoms with Crippen molar-refractivity contribution < 1.29 is 31.8 Å². The maximum Gasteiger partial charge on any atom is 0.400 e. The van der Waals surface area contributed by atoms with Crippen LogP contribution in [0.15, 0.2) is 36.4 Å². The van der Waals surface area contributed by atoms with Crippen molar-refractivity contribution in [3.05, 3.63) is 53.1 Å². The summed E-state index contributed by atoms with van der Waals surface area (Å²) in [4.78, 5) is 0. The van der Waals surface area contributed by atoms with Gasteiger partial charge in [-0.05, 0) is 99.5 Å². The zero-order chi connectivity index (χ0) is 29.7. The molecule has 42 heavy (non-hydrogen) atoms. The fourth-order valence-electron chi connectivity index (χ4n) is 7.19. The van der Waals surface area contributed by atoms with E-state index in [0.29, 0.717) is 36.5 Å². The van der Waals surface area contributed by atoms with Crippen LogP contribution in [0.1, 0.15) is 84.0 Å². The van der Waals surface area contributed by atoms with Gasteiger partial charge >= 0.3 is 6.11 Å². The molecule has 232 valence electrons. The van der Waals surface area contributed by atoms with Crippen molar-refractivity contribution in [3.8, 4) is 16.9 Å². The maximum atomic E-state index is 15.2. The van der Waals surface area contributed by atoms with Gasteiger partial charge in [0.05, 0.1) is 24.2 Å². The number of halogens is 5. The Morgan fingerprint density at radius 3 is 2.07 bits per heavy atom. The summed E-state index contributed by atoms with van der Waals surface area (Å²) < 4.78 is 76.2. The molecule has 8 heteroatoms. The number of alkyl halides is 2. The standard InChI is InChI=1S/C34H43ClF4O3/c1-2-3-4-5-22-20-40-33(41-21-22)25-8-6-23(7-9-25)24-10-13-27(14-11-24)34(38,39)42-28-15-16-29(31(36)19-28)26-12-17-30(35)32(37)18-26/h12,15-19,22-25,27,33H,2-11,13-14,20-21H2,1H3. The zero-order valence-electron chi connectivity index (χ0n) is 24.4. The summed E-state index contributed by atoms with van der Waals surface area (Å²) in [6.07, 6.45) is 8.03. The van der Waals surface area contributed by atoms with E-state index in [2.05, 4.69) is 6.92 Å². The van der Waals surface area contributed by atoms with Crippen LogP contribution in [-0.4, -0.2) is 25.6 Å².